The van der Waals surface area contributed by atoms with Crippen LogP contribution in [0, 0.1) is 0 Å². The average molecular weight is 443 g/mol. The number of amides is 1. The van der Waals surface area contributed by atoms with Gasteiger partial charge in [0.15, 0.2) is 11.5 Å². The number of H-pyrrole nitrogens is 1. The van der Waals surface area contributed by atoms with Crippen molar-refractivity contribution in [2.75, 3.05) is 44.3 Å². The molecule has 12 heteroatoms. The lowest BCUT2D eigenvalue weighted by molar-refractivity contribution is 0.102. The smallest absolute Gasteiger partial charge is 0.279 e. The summed E-state index contributed by atoms with van der Waals surface area (Å²) in [6, 6.07) is 7.93. The maximum atomic E-state index is 12.9. The normalized spacial score (nSPS) is 15.6. The summed E-state index contributed by atoms with van der Waals surface area (Å²) in [5.41, 5.74) is 6.79. The fourth-order valence-corrected chi connectivity index (χ4v) is 4.61. The number of sulfonamides is 1. The summed E-state index contributed by atoms with van der Waals surface area (Å²) in [7, 11) is -1.60. The van der Waals surface area contributed by atoms with E-state index in [2.05, 4.69) is 30.4 Å². The molecule has 0 saturated carbocycles. The lowest BCUT2D eigenvalue weighted by Gasteiger charge is -2.31. The molecule has 1 aliphatic heterocycles. The van der Waals surface area contributed by atoms with Crippen LogP contribution in [0.25, 0.3) is 11.3 Å². The predicted octanol–water partition coefficient (Wildman–Crippen LogP) is 0.637. The number of nitrogens with one attached hydrogen (secondary N) is 2. The van der Waals surface area contributed by atoms with Crippen molar-refractivity contribution in [3.8, 4) is 11.3 Å². The van der Waals surface area contributed by atoms with E-state index in [1.54, 1.807) is 18.2 Å². The zero-order chi connectivity index (χ0) is 22.0. The van der Waals surface area contributed by atoms with Gasteiger partial charge in [0.25, 0.3) is 5.91 Å². The average Bonchev–Trinajstić information content (AvgIpc) is 3.27. The number of piperazine rings is 1. The number of hydrogen-bond donors (Lipinski definition) is 3. The fraction of sp³-hybridized carbons (Fsp3) is 0.263. The predicted molar refractivity (Wildman–Crippen MR) is 115 cm³/mol. The minimum absolute atomic E-state index is 0.0185. The number of nitrogens with two attached hydrogens (primary N) is 1. The van der Waals surface area contributed by atoms with Crippen LogP contribution in [0.2, 0.25) is 0 Å². The standard InChI is InChI=1S/C19H22N8O3S/c1-26-8-10-27(11-9-26)31(29,30)14-4-2-13(3-5-14)15-12-21-18(20)17(23-15)19(28)24-16-6-7-22-25-16/h2-7,12H,8-11H2,1H3,(H2,20,21)(H2,22,24,25,28). The Morgan fingerprint density at radius 2 is 1.84 bits per heavy atom. The third kappa shape index (κ3) is 4.40. The van der Waals surface area contributed by atoms with Gasteiger partial charge in [0.05, 0.1) is 23.0 Å². The van der Waals surface area contributed by atoms with E-state index < -0.39 is 15.9 Å². The first-order chi connectivity index (χ1) is 14.8. The molecule has 0 radical (unpaired) electrons. The highest BCUT2D eigenvalue weighted by atomic mass is 32.2. The fourth-order valence-electron chi connectivity index (χ4n) is 3.19. The van der Waals surface area contributed by atoms with Gasteiger partial charge >= 0.3 is 0 Å². The molecule has 0 bridgehead atoms. The van der Waals surface area contributed by atoms with E-state index in [-0.39, 0.29) is 16.4 Å². The first-order valence-corrected chi connectivity index (χ1v) is 11.0. The number of hydrogen-bond acceptors (Lipinski definition) is 8. The second-order valence-corrected chi connectivity index (χ2v) is 9.08. The van der Waals surface area contributed by atoms with E-state index in [4.69, 9.17) is 5.73 Å². The van der Waals surface area contributed by atoms with Crippen molar-refractivity contribution in [1.29, 1.82) is 0 Å². The third-order valence-electron chi connectivity index (χ3n) is 5.01. The first kappa shape index (κ1) is 20.9. The molecular formula is C19H22N8O3S. The number of carbonyl (C=O) groups is 1. The van der Waals surface area contributed by atoms with Crippen LogP contribution in [0.1, 0.15) is 10.5 Å². The highest BCUT2D eigenvalue weighted by Gasteiger charge is 2.27. The topological polar surface area (TPSA) is 150 Å². The van der Waals surface area contributed by atoms with Gasteiger partial charge in [-0.3, -0.25) is 9.89 Å². The minimum atomic E-state index is -3.56. The molecule has 1 fully saturated rings. The molecule has 31 heavy (non-hydrogen) atoms. The van der Waals surface area contributed by atoms with Gasteiger partial charge in [-0.1, -0.05) is 12.1 Å². The summed E-state index contributed by atoms with van der Waals surface area (Å²) in [5.74, 6) is -0.157. The highest BCUT2D eigenvalue weighted by Crippen LogP contribution is 2.23. The van der Waals surface area contributed by atoms with E-state index in [0.717, 1.165) is 0 Å². The molecule has 1 amide bonds. The van der Waals surface area contributed by atoms with Crippen molar-refractivity contribution in [2.45, 2.75) is 4.90 Å². The van der Waals surface area contributed by atoms with E-state index >= 15 is 0 Å². The second kappa shape index (κ2) is 8.41. The monoisotopic (exact) mass is 442 g/mol. The number of nitrogen functional groups attached to an aromatic ring is 1. The van der Waals surface area contributed by atoms with Crippen molar-refractivity contribution >= 4 is 27.6 Å². The van der Waals surface area contributed by atoms with Crippen LogP contribution in [0.5, 0.6) is 0 Å². The maximum absolute atomic E-state index is 12.9. The summed E-state index contributed by atoms with van der Waals surface area (Å²) in [5, 5.41) is 8.98. The van der Waals surface area contributed by atoms with E-state index in [9.17, 15) is 13.2 Å². The Morgan fingerprint density at radius 1 is 1.13 bits per heavy atom. The SMILES string of the molecule is CN1CCN(S(=O)(=O)c2ccc(-c3cnc(N)c(C(=O)Nc4ccn[nH]4)n3)cc2)CC1. The number of anilines is 2. The molecule has 0 aliphatic carbocycles. The van der Waals surface area contributed by atoms with Gasteiger partial charge in [-0.2, -0.15) is 9.40 Å². The van der Waals surface area contributed by atoms with Gasteiger partial charge in [0.2, 0.25) is 10.0 Å². The van der Waals surface area contributed by atoms with Gasteiger partial charge in [0, 0.05) is 37.8 Å². The minimum Gasteiger partial charge on any atom is -0.382 e. The molecule has 3 heterocycles. The lowest BCUT2D eigenvalue weighted by atomic mass is 10.1. The molecule has 0 atom stereocenters. The van der Waals surface area contributed by atoms with Crippen LogP contribution in [0.4, 0.5) is 11.6 Å². The zero-order valence-electron chi connectivity index (χ0n) is 16.8. The van der Waals surface area contributed by atoms with Crippen molar-refractivity contribution in [3.05, 3.63) is 48.4 Å². The largest absolute Gasteiger partial charge is 0.382 e. The number of aromatic nitrogens is 4. The summed E-state index contributed by atoms with van der Waals surface area (Å²) >= 11 is 0. The van der Waals surface area contributed by atoms with Crippen LogP contribution in [-0.4, -0.2) is 76.9 Å². The van der Waals surface area contributed by atoms with Crippen LogP contribution < -0.4 is 11.1 Å². The Bertz CT molecular complexity index is 1170. The third-order valence-corrected chi connectivity index (χ3v) is 6.93. The number of likely N-dealkylation sites (N-methyl/N-ethyl adjacent to an activating group) is 1. The van der Waals surface area contributed by atoms with E-state index in [0.29, 0.717) is 43.3 Å². The lowest BCUT2D eigenvalue weighted by Crippen LogP contribution is -2.46. The Balaban J connectivity index is 1.56. The summed E-state index contributed by atoms with van der Waals surface area (Å²) in [6.07, 6.45) is 2.94. The van der Waals surface area contributed by atoms with Gasteiger partial charge in [-0.15, -0.1) is 0 Å². The molecule has 4 rings (SSSR count). The molecule has 1 aliphatic rings. The molecule has 3 aromatic rings. The van der Waals surface area contributed by atoms with Crippen LogP contribution in [0.15, 0.2) is 47.6 Å². The number of aromatic amines is 1. The second-order valence-electron chi connectivity index (χ2n) is 7.15. The van der Waals surface area contributed by atoms with Crippen molar-refractivity contribution < 1.29 is 13.2 Å². The maximum Gasteiger partial charge on any atom is 0.279 e. The van der Waals surface area contributed by atoms with Crippen molar-refractivity contribution in [3.63, 3.8) is 0 Å². The molecule has 2 aromatic heterocycles. The number of nitrogens with zero attached hydrogens (tertiary/aromatic N) is 5. The van der Waals surface area contributed by atoms with Crippen LogP contribution >= 0.6 is 0 Å². The summed E-state index contributed by atoms with van der Waals surface area (Å²) in [4.78, 5) is 23.1. The molecule has 1 saturated heterocycles. The van der Waals surface area contributed by atoms with Crippen molar-refractivity contribution in [1.82, 2.24) is 29.4 Å². The van der Waals surface area contributed by atoms with E-state index in [1.165, 1.54) is 28.8 Å². The summed E-state index contributed by atoms with van der Waals surface area (Å²) < 4.78 is 27.3. The Kier molecular flexibility index (Phi) is 5.67. The highest BCUT2D eigenvalue weighted by molar-refractivity contribution is 7.89. The molecule has 0 spiro atoms. The summed E-state index contributed by atoms with van der Waals surface area (Å²) in [6.45, 7) is 2.31. The molecule has 4 N–H and O–H groups in total. The van der Waals surface area contributed by atoms with Crippen LogP contribution in [0.3, 0.4) is 0 Å². The molecule has 0 unspecified atom stereocenters. The van der Waals surface area contributed by atoms with Crippen LogP contribution in [-0.2, 0) is 10.0 Å². The number of rotatable bonds is 5. The van der Waals surface area contributed by atoms with Crippen molar-refractivity contribution in [2.24, 2.45) is 0 Å². The number of benzene rings is 1. The molecular weight excluding hydrogens is 420 g/mol. The quantitative estimate of drug-likeness (QED) is 0.521. The zero-order valence-corrected chi connectivity index (χ0v) is 17.6. The van der Waals surface area contributed by atoms with Gasteiger partial charge in [-0.05, 0) is 19.2 Å². The first-order valence-electron chi connectivity index (χ1n) is 9.57. The Labute approximate surface area is 179 Å². The number of carbonyl (C=O) groups excluding carboxylic acids is 1. The van der Waals surface area contributed by atoms with Gasteiger partial charge in [-0.25, -0.2) is 18.4 Å². The van der Waals surface area contributed by atoms with E-state index in [1.807, 2.05) is 7.05 Å². The molecule has 162 valence electrons. The molecule has 1 aromatic carbocycles. The van der Waals surface area contributed by atoms with Gasteiger partial charge in [0.1, 0.15) is 5.82 Å². The Morgan fingerprint density at radius 3 is 2.48 bits per heavy atom. The Hall–Kier alpha value is -3.35. The van der Waals surface area contributed by atoms with Gasteiger partial charge < -0.3 is 16.0 Å². The molecule has 11 nitrogen and oxygen atoms in total.